The Morgan fingerprint density at radius 1 is 1.16 bits per heavy atom. The van der Waals surface area contributed by atoms with Gasteiger partial charge in [-0.05, 0) is 31.0 Å². The Balaban J connectivity index is 1.89. The normalized spacial score (nSPS) is 16.4. The second kappa shape index (κ2) is 7.55. The summed E-state index contributed by atoms with van der Waals surface area (Å²) < 4.78 is 32.0. The van der Waals surface area contributed by atoms with Crippen molar-refractivity contribution in [2.45, 2.75) is 30.6 Å². The van der Waals surface area contributed by atoms with Gasteiger partial charge in [-0.3, -0.25) is 4.79 Å². The van der Waals surface area contributed by atoms with Crippen molar-refractivity contribution in [2.24, 2.45) is 0 Å². The van der Waals surface area contributed by atoms with E-state index >= 15 is 0 Å². The average molecular weight is 384 g/mol. The van der Waals surface area contributed by atoms with Crippen molar-refractivity contribution in [3.8, 4) is 0 Å². The Labute approximate surface area is 151 Å². The molecule has 0 aliphatic carbocycles. The lowest BCUT2D eigenvalue weighted by atomic mass is 10.2. The van der Waals surface area contributed by atoms with Gasteiger partial charge in [0.15, 0.2) is 5.82 Å². The molecule has 1 aliphatic rings. The van der Waals surface area contributed by atoms with Crippen LogP contribution in [-0.2, 0) is 10.0 Å². The molecule has 0 unspecified atom stereocenters. The molecule has 134 valence electrons. The number of nitrogens with zero attached hydrogens (tertiary/aromatic N) is 2. The van der Waals surface area contributed by atoms with Crippen molar-refractivity contribution in [1.29, 1.82) is 0 Å². The molecule has 0 saturated carbocycles. The summed E-state index contributed by atoms with van der Waals surface area (Å²) in [5, 5.41) is 6.22. The number of aromatic nitrogens is 1. The molecule has 1 fully saturated rings. The first-order valence-corrected chi connectivity index (χ1v) is 9.82. The van der Waals surface area contributed by atoms with E-state index in [1.54, 1.807) is 0 Å². The lowest BCUT2D eigenvalue weighted by Gasteiger charge is -2.21. The summed E-state index contributed by atoms with van der Waals surface area (Å²) in [4.78, 5) is 12.2. The summed E-state index contributed by atoms with van der Waals surface area (Å²) in [5.74, 6) is -0.241. The third kappa shape index (κ3) is 4.02. The number of nitrogens with one attached hydrogen (secondary N) is 1. The summed E-state index contributed by atoms with van der Waals surface area (Å²) in [6, 6.07) is 5.68. The molecule has 3 rings (SSSR count). The number of benzene rings is 1. The van der Waals surface area contributed by atoms with E-state index in [1.807, 2.05) is 0 Å². The van der Waals surface area contributed by atoms with Crippen molar-refractivity contribution in [3.05, 3.63) is 41.1 Å². The van der Waals surface area contributed by atoms with E-state index in [1.165, 1.54) is 34.8 Å². The van der Waals surface area contributed by atoms with Crippen molar-refractivity contribution in [3.63, 3.8) is 0 Å². The van der Waals surface area contributed by atoms with E-state index in [0.29, 0.717) is 13.1 Å². The maximum Gasteiger partial charge on any atom is 0.256 e. The monoisotopic (exact) mass is 383 g/mol. The van der Waals surface area contributed by atoms with E-state index in [4.69, 9.17) is 11.6 Å². The first kappa shape index (κ1) is 17.9. The van der Waals surface area contributed by atoms with Crippen molar-refractivity contribution in [1.82, 2.24) is 9.46 Å². The van der Waals surface area contributed by atoms with Crippen LogP contribution < -0.4 is 5.32 Å². The van der Waals surface area contributed by atoms with Crippen LogP contribution in [0.2, 0.25) is 5.02 Å². The number of carbonyl (C=O) groups is 1. The number of rotatable bonds is 4. The van der Waals surface area contributed by atoms with E-state index in [0.717, 1.165) is 25.7 Å². The molecule has 0 radical (unpaired) electrons. The van der Waals surface area contributed by atoms with Gasteiger partial charge >= 0.3 is 0 Å². The van der Waals surface area contributed by atoms with Crippen LogP contribution in [0.5, 0.6) is 0 Å². The number of anilines is 1. The minimum atomic E-state index is -3.75. The quantitative estimate of drug-likeness (QED) is 0.875. The van der Waals surface area contributed by atoms with Crippen LogP contribution in [0.4, 0.5) is 5.82 Å². The zero-order valence-corrected chi connectivity index (χ0v) is 15.0. The van der Waals surface area contributed by atoms with E-state index in [9.17, 15) is 13.2 Å². The summed E-state index contributed by atoms with van der Waals surface area (Å²) in [6.07, 6.45) is 5.00. The van der Waals surface area contributed by atoms with Gasteiger partial charge < -0.3 is 9.84 Å². The molecular formula is C16H18ClN3O4S. The maximum atomic E-state index is 12.9. The van der Waals surface area contributed by atoms with E-state index < -0.39 is 15.9 Å². The first-order chi connectivity index (χ1) is 12.0. The second-order valence-electron chi connectivity index (χ2n) is 5.80. The number of carbonyl (C=O) groups excluding carboxylic acids is 1. The zero-order valence-electron chi connectivity index (χ0n) is 13.4. The molecule has 1 amide bonds. The van der Waals surface area contributed by atoms with Gasteiger partial charge in [-0.2, -0.15) is 4.31 Å². The van der Waals surface area contributed by atoms with E-state index in [2.05, 4.69) is 15.0 Å². The highest BCUT2D eigenvalue weighted by Gasteiger charge is 2.28. The van der Waals surface area contributed by atoms with Gasteiger partial charge in [-0.15, -0.1) is 0 Å². The molecule has 1 aliphatic heterocycles. The number of sulfonamides is 1. The van der Waals surface area contributed by atoms with Gasteiger partial charge in [0.1, 0.15) is 11.2 Å². The standard InChI is InChI=1S/C16H18ClN3O4S/c17-13-6-5-12(16(21)18-15-7-10-24-19-15)11-14(13)25(22,23)20-8-3-1-2-4-9-20/h5-7,10-11H,1-4,8-9H2,(H,18,19,21). The Morgan fingerprint density at radius 3 is 2.52 bits per heavy atom. The topological polar surface area (TPSA) is 92.5 Å². The molecule has 1 aromatic carbocycles. The van der Waals surface area contributed by atoms with Crippen LogP contribution in [0.1, 0.15) is 36.0 Å². The third-order valence-corrected chi connectivity index (χ3v) is 6.44. The average Bonchev–Trinajstić information content (AvgIpc) is 2.93. The third-order valence-electron chi connectivity index (χ3n) is 4.06. The number of amides is 1. The fraction of sp³-hybridized carbons (Fsp3) is 0.375. The van der Waals surface area contributed by atoms with Gasteiger partial charge in [0.2, 0.25) is 10.0 Å². The Hall–Kier alpha value is -1.90. The van der Waals surface area contributed by atoms with Crippen LogP contribution >= 0.6 is 11.6 Å². The van der Waals surface area contributed by atoms with Crippen LogP contribution in [0.3, 0.4) is 0 Å². The number of hydrogen-bond acceptors (Lipinski definition) is 5. The number of halogens is 1. The molecule has 0 spiro atoms. The molecule has 1 saturated heterocycles. The van der Waals surface area contributed by atoms with Crippen LogP contribution in [0.25, 0.3) is 0 Å². The number of hydrogen-bond donors (Lipinski definition) is 1. The lowest BCUT2D eigenvalue weighted by Crippen LogP contribution is -2.32. The highest BCUT2D eigenvalue weighted by molar-refractivity contribution is 7.89. The predicted octanol–water partition coefficient (Wildman–Crippen LogP) is 3.15. The zero-order chi connectivity index (χ0) is 17.9. The van der Waals surface area contributed by atoms with Crippen molar-refractivity contribution in [2.75, 3.05) is 18.4 Å². The minimum absolute atomic E-state index is 0.0520. The predicted molar refractivity (Wildman–Crippen MR) is 93.1 cm³/mol. The first-order valence-electron chi connectivity index (χ1n) is 8.00. The largest absolute Gasteiger partial charge is 0.363 e. The molecule has 2 heterocycles. The van der Waals surface area contributed by atoms with E-state index in [-0.39, 0.29) is 21.3 Å². The van der Waals surface area contributed by atoms with Crippen LogP contribution in [-0.4, -0.2) is 36.9 Å². The molecule has 9 heteroatoms. The fourth-order valence-electron chi connectivity index (χ4n) is 2.73. The SMILES string of the molecule is O=C(Nc1ccon1)c1ccc(Cl)c(S(=O)(=O)N2CCCCCC2)c1. The highest BCUT2D eigenvalue weighted by atomic mass is 35.5. The second-order valence-corrected chi connectivity index (χ2v) is 8.12. The van der Waals surface area contributed by atoms with Crippen molar-refractivity contribution < 1.29 is 17.7 Å². The van der Waals surface area contributed by atoms with Gasteiger partial charge in [0, 0.05) is 24.7 Å². The summed E-state index contributed by atoms with van der Waals surface area (Å²) in [7, 11) is -3.75. The van der Waals surface area contributed by atoms with Gasteiger partial charge in [0.25, 0.3) is 5.91 Å². The molecule has 2 aromatic rings. The highest BCUT2D eigenvalue weighted by Crippen LogP contribution is 2.28. The minimum Gasteiger partial charge on any atom is -0.363 e. The van der Waals surface area contributed by atoms with Gasteiger partial charge in [0.05, 0.1) is 5.02 Å². The fourth-order valence-corrected chi connectivity index (χ4v) is 4.75. The molecular weight excluding hydrogens is 366 g/mol. The van der Waals surface area contributed by atoms with Crippen molar-refractivity contribution >= 4 is 33.3 Å². The molecule has 7 nitrogen and oxygen atoms in total. The molecule has 1 aromatic heterocycles. The molecule has 1 N–H and O–H groups in total. The molecule has 0 atom stereocenters. The van der Waals surface area contributed by atoms with Gasteiger partial charge in [-0.1, -0.05) is 29.6 Å². The summed E-state index contributed by atoms with van der Waals surface area (Å²) in [6.45, 7) is 0.933. The van der Waals surface area contributed by atoms with Crippen LogP contribution in [0, 0.1) is 0 Å². The summed E-state index contributed by atoms with van der Waals surface area (Å²) in [5.41, 5.74) is 0.181. The Morgan fingerprint density at radius 2 is 1.88 bits per heavy atom. The Bertz CT molecular complexity index is 844. The molecule has 25 heavy (non-hydrogen) atoms. The lowest BCUT2D eigenvalue weighted by molar-refractivity contribution is 0.102. The van der Waals surface area contributed by atoms with Crippen LogP contribution in [0.15, 0.2) is 39.9 Å². The smallest absolute Gasteiger partial charge is 0.256 e. The van der Waals surface area contributed by atoms with Gasteiger partial charge in [-0.25, -0.2) is 8.42 Å². The summed E-state index contributed by atoms with van der Waals surface area (Å²) >= 11 is 6.12. The maximum absolute atomic E-state index is 12.9. The Kier molecular flexibility index (Phi) is 5.41. The molecule has 0 bridgehead atoms.